The van der Waals surface area contributed by atoms with Gasteiger partial charge in [0.2, 0.25) is 5.91 Å². The zero-order valence-corrected chi connectivity index (χ0v) is 17.6. The smallest absolute Gasteiger partial charge is 0.311 e. The van der Waals surface area contributed by atoms with E-state index in [1.807, 2.05) is 26.0 Å². The Hall–Kier alpha value is -2.74. The Morgan fingerprint density at radius 2 is 1.90 bits per heavy atom. The molecule has 0 saturated carbocycles. The van der Waals surface area contributed by atoms with Crippen molar-refractivity contribution in [2.24, 2.45) is 5.92 Å². The molecule has 2 aromatic rings. The van der Waals surface area contributed by atoms with Crippen molar-refractivity contribution in [2.45, 2.75) is 20.3 Å². The summed E-state index contributed by atoms with van der Waals surface area (Å²) < 4.78 is 19.1. The number of ether oxygens (including phenoxy) is 1. The molecule has 0 aliphatic carbocycles. The van der Waals surface area contributed by atoms with E-state index in [2.05, 4.69) is 21.2 Å². The first-order valence-electron chi connectivity index (χ1n) is 9.03. The first kappa shape index (κ1) is 21.0. The topological polar surface area (TPSA) is 75.7 Å². The zero-order chi connectivity index (χ0) is 21.1. The first-order valence-corrected chi connectivity index (χ1v) is 9.83. The molecule has 0 aromatic heterocycles. The molecular weight excluding hydrogens is 443 g/mol. The van der Waals surface area contributed by atoms with Crippen LogP contribution in [0.5, 0.6) is 0 Å². The Bertz CT molecular complexity index is 962. The Labute approximate surface area is 176 Å². The van der Waals surface area contributed by atoms with E-state index in [1.54, 1.807) is 0 Å². The predicted molar refractivity (Wildman–Crippen MR) is 110 cm³/mol. The fourth-order valence-corrected chi connectivity index (χ4v) is 3.55. The number of nitrogens with one attached hydrogen (secondary N) is 1. The van der Waals surface area contributed by atoms with Gasteiger partial charge in [0.15, 0.2) is 6.61 Å². The number of aryl methyl sites for hydroxylation is 2. The lowest BCUT2D eigenvalue weighted by Crippen LogP contribution is -2.28. The molecule has 1 saturated heterocycles. The summed E-state index contributed by atoms with van der Waals surface area (Å²) in [6, 6.07) is 9.20. The van der Waals surface area contributed by atoms with Crippen molar-refractivity contribution in [3.05, 3.63) is 57.8 Å². The molecule has 1 fully saturated rings. The molecule has 152 valence electrons. The molecule has 1 N–H and O–H groups in total. The van der Waals surface area contributed by atoms with Gasteiger partial charge in [-0.05, 0) is 61.4 Å². The minimum Gasteiger partial charge on any atom is -0.455 e. The van der Waals surface area contributed by atoms with Crippen LogP contribution in [0, 0.1) is 25.6 Å². The lowest BCUT2D eigenvalue weighted by molar-refractivity contribution is -0.151. The molecular formula is C21H20BrFN2O4. The molecule has 2 aromatic carbocycles. The minimum atomic E-state index is -0.669. The molecule has 8 heteroatoms. The molecule has 1 atom stereocenters. The number of amides is 2. The molecule has 1 heterocycles. The maximum Gasteiger partial charge on any atom is 0.311 e. The molecule has 6 nitrogen and oxygen atoms in total. The summed E-state index contributed by atoms with van der Waals surface area (Å²) in [6.07, 6.45) is -0.0111. The highest BCUT2D eigenvalue weighted by Crippen LogP contribution is 2.26. The van der Waals surface area contributed by atoms with Crippen LogP contribution in [0.2, 0.25) is 0 Å². The number of esters is 1. The Kier molecular flexibility index (Phi) is 6.32. The predicted octanol–water partition coefficient (Wildman–Crippen LogP) is 3.74. The molecule has 0 bridgehead atoms. The standard InChI is InChI=1S/C21H20BrFN2O4/c1-12-8-18(13(2)7-17(12)22)24-19(26)11-29-21(28)14-9-20(27)25(10-14)16-5-3-15(23)4-6-16/h3-8,14H,9-11H2,1-2H3,(H,24,26)/t14-/m0/s1. The van der Waals surface area contributed by atoms with E-state index in [1.165, 1.54) is 29.2 Å². The summed E-state index contributed by atoms with van der Waals surface area (Å²) in [5.41, 5.74) is 3.00. The number of benzene rings is 2. The summed E-state index contributed by atoms with van der Waals surface area (Å²) in [5.74, 6) is -2.38. The van der Waals surface area contributed by atoms with Gasteiger partial charge in [-0.25, -0.2) is 4.39 Å². The highest BCUT2D eigenvalue weighted by atomic mass is 79.9. The SMILES string of the molecule is Cc1cc(NC(=O)COC(=O)[C@H]2CC(=O)N(c3ccc(F)cc3)C2)c(C)cc1Br. The first-order chi connectivity index (χ1) is 13.7. The second-order valence-corrected chi connectivity index (χ2v) is 7.81. The average molecular weight is 463 g/mol. The normalized spacial score (nSPS) is 16.1. The van der Waals surface area contributed by atoms with Crippen molar-refractivity contribution in [3.63, 3.8) is 0 Å². The second-order valence-electron chi connectivity index (χ2n) is 6.95. The maximum atomic E-state index is 13.1. The van der Waals surface area contributed by atoms with Crippen molar-refractivity contribution >= 4 is 45.1 Å². The highest BCUT2D eigenvalue weighted by Gasteiger charge is 2.36. The van der Waals surface area contributed by atoms with Crippen LogP contribution in [0.1, 0.15) is 17.5 Å². The van der Waals surface area contributed by atoms with E-state index in [0.29, 0.717) is 11.4 Å². The molecule has 2 amide bonds. The van der Waals surface area contributed by atoms with Crippen LogP contribution in [0.25, 0.3) is 0 Å². The van der Waals surface area contributed by atoms with Crippen LogP contribution in [0.3, 0.4) is 0 Å². The number of anilines is 2. The van der Waals surface area contributed by atoms with Crippen molar-refractivity contribution in [2.75, 3.05) is 23.4 Å². The lowest BCUT2D eigenvalue weighted by atomic mass is 10.1. The Balaban J connectivity index is 1.54. The van der Waals surface area contributed by atoms with Crippen LogP contribution in [-0.4, -0.2) is 30.9 Å². The van der Waals surface area contributed by atoms with E-state index >= 15 is 0 Å². The van der Waals surface area contributed by atoms with Gasteiger partial charge in [0.25, 0.3) is 5.91 Å². The van der Waals surface area contributed by atoms with E-state index in [-0.39, 0.29) is 18.9 Å². The van der Waals surface area contributed by atoms with Crippen molar-refractivity contribution in [1.82, 2.24) is 0 Å². The van der Waals surface area contributed by atoms with Gasteiger partial charge < -0.3 is 15.0 Å². The van der Waals surface area contributed by atoms with Gasteiger partial charge in [0.1, 0.15) is 5.82 Å². The summed E-state index contributed by atoms with van der Waals surface area (Å²) in [6.45, 7) is 3.47. The van der Waals surface area contributed by atoms with Gasteiger partial charge in [0, 0.05) is 28.8 Å². The monoisotopic (exact) mass is 462 g/mol. The second kappa shape index (κ2) is 8.73. The van der Waals surface area contributed by atoms with Crippen molar-refractivity contribution < 1.29 is 23.5 Å². The molecule has 0 spiro atoms. The molecule has 1 aliphatic rings. The largest absolute Gasteiger partial charge is 0.455 e. The highest BCUT2D eigenvalue weighted by molar-refractivity contribution is 9.10. The molecule has 0 radical (unpaired) electrons. The van der Waals surface area contributed by atoms with Gasteiger partial charge in [0.05, 0.1) is 5.92 Å². The zero-order valence-electron chi connectivity index (χ0n) is 16.0. The number of nitrogens with zero attached hydrogens (tertiary/aromatic N) is 1. The number of hydrogen-bond donors (Lipinski definition) is 1. The summed E-state index contributed by atoms with van der Waals surface area (Å²) in [5, 5.41) is 2.72. The van der Waals surface area contributed by atoms with Crippen molar-refractivity contribution in [1.29, 1.82) is 0 Å². The summed E-state index contributed by atoms with van der Waals surface area (Å²) in [4.78, 5) is 38.1. The van der Waals surface area contributed by atoms with E-state index < -0.39 is 30.2 Å². The van der Waals surface area contributed by atoms with E-state index in [9.17, 15) is 18.8 Å². The number of rotatable bonds is 5. The number of carbonyl (C=O) groups is 3. The summed E-state index contributed by atoms with van der Waals surface area (Å²) >= 11 is 3.43. The van der Waals surface area contributed by atoms with Crippen LogP contribution >= 0.6 is 15.9 Å². The molecule has 29 heavy (non-hydrogen) atoms. The molecule has 3 rings (SSSR count). The lowest BCUT2D eigenvalue weighted by Gasteiger charge is -2.16. The van der Waals surface area contributed by atoms with Crippen LogP contribution in [0.15, 0.2) is 40.9 Å². The van der Waals surface area contributed by atoms with Gasteiger partial charge in [-0.2, -0.15) is 0 Å². The third kappa shape index (κ3) is 5.00. The van der Waals surface area contributed by atoms with Crippen molar-refractivity contribution in [3.8, 4) is 0 Å². The Morgan fingerprint density at radius 3 is 2.59 bits per heavy atom. The molecule has 0 unspecified atom stereocenters. The van der Waals surface area contributed by atoms with Crippen LogP contribution < -0.4 is 10.2 Å². The van der Waals surface area contributed by atoms with E-state index in [4.69, 9.17) is 4.74 Å². The minimum absolute atomic E-state index is 0.0111. The number of hydrogen-bond acceptors (Lipinski definition) is 4. The average Bonchev–Trinajstić information content (AvgIpc) is 3.06. The van der Waals surface area contributed by atoms with Gasteiger partial charge in [-0.3, -0.25) is 14.4 Å². The quantitative estimate of drug-likeness (QED) is 0.686. The third-order valence-electron chi connectivity index (χ3n) is 4.72. The van der Waals surface area contributed by atoms with Gasteiger partial charge in [-0.1, -0.05) is 15.9 Å². The summed E-state index contributed by atoms with van der Waals surface area (Å²) in [7, 11) is 0. The third-order valence-corrected chi connectivity index (χ3v) is 5.58. The molecule has 1 aliphatic heterocycles. The number of carbonyl (C=O) groups excluding carboxylic acids is 3. The van der Waals surface area contributed by atoms with Crippen LogP contribution in [0.4, 0.5) is 15.8 Å². The van der Waals surface area contributed by atoms with Gasteiger partial charge in [-0.15, -0.1) is 0 Å². The fourth-order valence-electron chi connectivity index (χ4n) is 3.09. The van der Waals surface area contributed by atoms with Gasteiger partial charge >= 0.3 is 5.97 Å². The maximum absolute atomic E-state index is 13.1. The number of halogens is 2. The fraction of sp³-hybridized carbons (Fsp3) is 0.286. The van der Waals surface area contributed by atoms with Crippen LogP contribution in [-0.2, 0) is 19.1 Å². The van der Waals surface area contributed by atoms with E-state index in [0.717, 1.165) is 15.6 Å². The Morgan fingerprint density at radius 1 is 1.21 bits per heavy atom.